The lowest BCUT2D eigenvalue weighted by Crippen LogP contribution is -2.11. The topological polar surface area (TPSA) is 12.0 Å². The molecule has 82 valence electrons. The van der Waals surface area contributed by atoms with E-state index in [4.69, 9.17) is 0 Å². The van der Waals surface area contributed by atoms with Gasteiger partial charge in [0.25, 0.3) is 0 Å². The Labute approximate surface area is 90.7 Å². The van der Waals surface area contributed by atoms with Crippen LogP contribution < -0.4 is 5.32 Å². The predicted octanol–water partition coefficient (Wildman–Crippen LogP) is 2.59. The van der Waals surface area contributed by atoms with E-state index in [2.05, 4.69) is 11.4 Å². The molecule has 1 fully saturated rings. The summed E-state index contributed by atoms with van der Waals surface area (Å²) in [5.74, 6) is 0.627. The zero-order valence-corrected chi connectivity index (χ0v) is 9.44. The second-order valence-electron chi connectivity index (χ2n) is 4.58. The Morgan fingerprint density at radius 3 is 2.80 bits per heavy atom. The van der Waals surface area contributed by atoms with Crippen LogP contribution in [0.5, 0.6) is 0 Å². The van der Waals surface area contributed by atoms with E-state index in [0.717, 1.165) is 36.2 Å². The molecule has 1 aromatic carbocycles. The molecular formula is C13H18FN. The Balaban J connectivity index is 2.14. The number of benzene rings is 1. The lowest BCUT2D eigenvalue weighted by Gasteiger charge is -2.10. The average Bonchev–Trinajstić information content (AvgIpc) is 2.66. The fourth-order valence-electron chi connectivity index (χ4n) is 2.23. The fraction of sp³-hybridized carbons (Fsp3) is 0.538. The molecule has 0 aromatic heterocycles. The van der Waals surface area contributed by atoms with Gasteiger partial charge in [-0.3, -0.25) is 0 Å². The highest BCUT2D eigenvalue weighted by molar-refractivity contribution is 5.31. The highest BCUT2D eigenvalue weighted by atomic mass is 19.1. The zero-order chi connectivity index (χ0) is 10.8. The standard InChI is InChI=1S/C13H18FN/c1-9-5-12(7-13(14)10(9)2)6-11-3-4-15-8-11/h5,7,11,15H,3-4,6,8H2,1-2H3. The smallest absolute Gasteiger partial charge is 0.126 e. The SMILES string of the molecule is Cc1cc(CC2CCNC2)cc(F)c1C. The minimum atomic E-state index is -0.0593. The largest absolute Gasteiger partial charge is 0.316 e. The highest BCUT2D eigenvalue weighted by Gasteiger charge is 2.15. The van der Waals surface area contributed by atoms with Crippen LogP contribution in [0.3, 0.4) is 0 Å². The van der Waals surface area contributed by atoms with Crippen LogP contribution in [0.1, 0.15) is 23.1 Å². The summed E-state index contributed by atoms with van der Waals surface area (Å²) in [4.78, 5) is 0. The Morgan fingerprint density at radius 2 is 2.20 bits per heavy atom. The van der Waals surface area contributed by atoms with E-state index in [1.807, 2.05) is 13.8 Å². The first-order valence-electron chi connectivity index (χ1n) is 5.63. The molecule has 0 amide bonds. The first kappa shape index (κ1) is 10.6. The van der Waals surface area contributed by atoms with E-state index < -0.39 is 0 Å². The van der Waals surface area contributed by atoms with E-state index in [1.54, 1.807) is 6.07 Å². The Kier molecular flexibility index (Phi) is 3.06. The maximum Gasteiger partial charge on any atom is 0.126 e. The number of halogens is 1. The number of aryl methyl sites for hydroxylation is 1. The normalized spacial score (nSPS) is 20.9. The third-order valence-electron chi connectivity index (χ3n) is 3.35. The molecule has 1 aliphatic heterocycles. The Bertz CT molecular complexity index is 331. The van der Waals surface area contributed by atoms with Crippen molar-refractivity contribution in [1.82, 2.24) is 5.32 Å². The summed E-state index contributed by atoms with van der Waals surface area (Å²) in [6, 6.07) is 3.82. The lowest BCUT2D eigenvalue weighted by atomic mass is 9.96. The van der Waals surface area contributed by atoms with Gasteiger partial charge in [0.2, 0.25) is 0 Å². The number of hydrogen-bond donors (Lipinski definition) is 1. The zero-order valence-electron chi connectivity index (χ0n) is 9.44. The van der Waals surface area contributed by atoms with Gasteiger partial charge in [-0.15, -0.1) is 0 Å². The predicted molar refractivity (Wildman–Crippen MR) is 60.6 cm³/mol. The van der Waals surface area contributed by atoms with Gasteiger partial charge in [0.05, 0.1) is 0 Å². The van der Waals surface area contributed by atoms with Gasteiger partial charge in [-0.2, -0.15) is 0 Å². The Morgan fingerprint density at radius 1 is 1.40 bits per heavy atom. The van der Waals surface area contributed by atoms with Gasteiger partial charge in [-0.1, -0.05) is 6.07 Å². The Hall–Kier alpha value is -0.890. The number of hydrogen-bond acceptors (Lipinski definition) is 1. The molecule has 15 heavy (non-hydrogen) atoms. The monoisotopic (exact) mass is 207 g/mol. The molecule has 0 saturated carbocycles. The van der Waals surface area contributed by atoms with E-state index in [0.29, 0.717) is 5.92 Å². The molecule has 0 bridgehead atoms. The molecule has 1 nitrogen and oxygen atoms in total. The van der Waals surface area contributed by atoms with Crippen molar-refractivity contribution in [3.63, 3.8) is 0 Å². The highest BCUT2D eigenvalue weighted by Crippen LogP contribution is 2.20. The van der Waals surface area contributed by atoms with Crippen molar-refractivity contribution in [2.75, 3.05) is 13.1 Å². The maximum absolute atomic E-state index is 13.5. The molecule has 2 heteroatoms. The van der Waals surface area contributed by atoms with Crippen LogP contribution in [0, 0.1) is 25.6 Å². The van der Waals surface area contributed by atoms with E-state index in [1.165, 1.54) is 6.42 Å². The van der Waals surface area contributed by atoms with Crippen LogP contribution >= 0.6 is 0 Å². The molecule has 1 unspecified atom stereocenters. The summed E-state index contributed by atoms with van der Waals surface area (Å²) in [5.41, 5.74) is 2.99. The molecule has 0 spiro atoms. The maximum atomic E-state index is 13.5. The molecule has 1 atom stereocenters. The molecule has 1 saturated heterocycles. The number of nitrogens with one attached hydrogen (secondary N) is 1. The molecular weight excluding hydrogens is 189 g/mol. The first-order chi connectivity index (χ1) is 7.16. The van der Waals surface area contributed by atoms with E-state index in [-0.39, 0.29) is 5.82 Å². The van der Waals surface area contributed by atoms with Crippen LogP contribution in [0.15, 0.2) is 12.1 Å². The van der Waals surface area contributed by atoms with Gasteiger partial charge < -0.3 is 5.32 Å². The van der Waals surface area contributed by atoms with Gasteiger partial charge in [-0.25, -0.2) is 4.39 Å². The van der Waals surface area contributed by atoms with Crippen molar-refractivity contribution in [3.05, 3.63) is 34.6 Å². The summed E-state index contributed by atoms with van der Waals surface area (Å²) in [5, 5.41) is 3.34. The number of rotatable bonds is 2. The second kappa shape index (κ2) is 4.31. The summed E-state index contributed by atoms with van der Waals surface area (Å²) in [6.45, 7) is 6.01. The molecule has 0 aliphatic carbocycles. The third kappa shape index (κ3) is 2.37. The van der Waals surface area contributed by atoms with Gasteiger partial charge >= 0.3 is 0 Å². The van der Waals surface area contributed by atoms with Gasteiger partial charge in [0.1, 0.15) is 5.82 Å². The summed E-state index contributed by atoms with van der Waals surface area (Å²) in [7, 11) is 0. The van der Waals surface area contributed by atoms with Crippen LogP contribution in [0.25, 0.3) is 0 Å². The van der Waals surface area contributed by atoms with Crippen molar-refractivity contribution in [3.8, 4) is 0 Å². The van der Waals surface area contributed by atoms with Gasteiger partial charge in [0.15, 0.2) is 0 Å². The molecule has 1 aliphatic rings. The quantitative estimate of drug-likeness (QED) is 0.786. The third-order valence-corrected chi connectivity index (χ3v) is 3.35. The van der Waals surface area contributed by atoms with E-state index >= 15 is 0 Å². The van der Waals surface area contributed by atoms with Crippen LogP contribution in [0.2, 0.25) is 0 Å². The van der Waals surface area contributed by atoms with Crippen molar-refractivity contribution in [1.29, 1.82) is 0 Å². The molecule has 2 rings (SSSR count). The molecule has 1 heterocycles. The van der Waals surface area contributed by atoms with E-state index in [9.17, 15) is 4.39 Å². The fourth-order valence-corrected chi connectivity index (χ4v) is 2.23. The van der Waals surface area contributed by atoms with Gasteiger partial charge in [-0.05, 0) is 68.5 Å². The minimum absolute atomic E-state index is 0.0593. The van der Waals surface area contributed by atoms with Crippen molar-refractivity contribution < 1.29 is 4.39 Å². The molecule has 1 aromatic rings. The second-order valence-corrected chi connectivity index (χ2v) is 4.58. The van der Waals surface area contributed by atoms with Gasteiger partial charge in [0, 0.05) is 0 Å². The summed E-state index contributed by atoms with van der Waals surface area (Å²) >= 11 is 0. The van der Waals surface area contributed by atoms with Crippen molar-refractivity contribution in [2.24, 2.45) is 5.92 Å². The van der Waals surface area contributed by atoms with Crippen molar-refractivity contribution >= 4 is 0 Å². The van der Waals surface area contributed by atoms with Crippen LogP contribution in [0.4, 0.5) is 4.39 Å². The average molecular weight is 207 g/mol. The lowest BCUT2D eigenvalue weighted by molar-refractivity contribution is 0.571. The first-order valence-corrected chi connectivity index (χ1v) is 5.63. The minimum Gasteiger partial charge on any atom is -0.316 e. The summed E-state index contributed by atoms with van der Waals surface area (Å²) in [6.07, 6.45) is 2.22. The van der Waals surface area contributed by atoms with Crippen molar-refractivity contribution in [2.45, 2.75) is 26.7 Å². The van der Waals surface area contributed by atoms with Crippen LogP contribution in [-0.4, -0.2) is 13.1 Å². The molecule has 1 N–H and O–H groups in total. The van der Waals surface area contributed by atoms with Crippen LogP contribution in [-0.2, 0) is 6.42 Å². The summed E-state index contributed by atoms with van der Waals surface area (Å²) < 4.78 is 13.5. The molecule has 0 radical (unpaired) electrons.